The first-order valence-corrected chi connectivity index (χ1v) is 12.9. The van der Waals surface area contributed by atoms with Crippen molar-refractivity contribution in [1.82, 2.24) is 9.47 Å². The molecule has 1 aromatic heterocycles. The molecule has 3 aromatic rings. The van der Waals surface area contributed by atoms with Crippen LogP contribution in [0.2, 0.25) is 0 Å². The molecule has 0 saturated carbocycles. The van der Waals surface area contributed by atoms with E-state index >= 15 is 4.39 Å². The lowest BCUT2D eigenvalue weighted by Crippen LogP contribution is -2.44. The van der Waals surface area contributed by atoms with Gasteiger partial charge in [0.1, 0.15) is 18.2 Å². The first kappa shape index (κ1) is 23.5. The number of aromatic nitrogens is 1. The van der Waals surface area contributed by atoms with Gasteiger partial charge in [0.05, 0.1) is 30.7 Å². The molecule has 0 N–H and O–H groups in total. The van der Waals surface area contributed by atoms with Gasteiger partial charge in [-0.2, -0.15) is 0 Å². The van der Waals surface area contributed by atoms with E-state index in [1.807, 2.05) is 24.3 Å². The van der Waals surface area contributed by atoms with E-state index in [1.54, 1.807) is 18.3 Å². The van der Waals surface area contributed by atoms with Gasteiger partial charge in [-0.1, -0.05) is 0 Å². The molecule has 0 aliphatic carbocycles. The Labute approximate surface area is 210 Å². The second kappa shape index (κ2) is 10.2. The van der Waals surface area contributed by atoms with Crippen LogP contribution in [0, 0.1) is 5.82 Å². The molecule has 8 heteroatoms. The highest BCUT2D eigenvalue weighted by molar-refractivity contribution is 5.83. The summed E-state index contributed by atoms with van der Waals surface area (Å²) in [5.74, 6) is 0.409. The molecule has 0 amide bonds. The van der Waals surface area contributed by atoms with Gasteiger partial charge >= 0.3 is 0 Å². The monoisotopic (exact) mass is 493 g/mol. The molecule has 36 heavy (non-hydrogen) atoms. The molecular formula is C28H32FN3O4. The highest BCUT2D eigenvalue weighted by Crippen LogP contribution is 2.28. The summed E-state index contributed by atoms with van der Waals surface area (Å²) < 4.78 is 33.7. The van der Waals surface area contributed by atoms with Crippen LogP contribution in [0.5, 0.6) is 5.75 Å². The van der Waals surface area contributed by atoms with Crippen LogP contribution in [0.25, 0.3) is 16.5 Å². The van der Waals surface area contributed by atoms with Crippen molar-refractivity contribution in [3.8, 4) is 11.4 Å². The van der Waals surface area contributed by atoms with Crippen molar-refractivity contribution >= 4 is 16.5 Å². The zero-order valence-corrected chi connectivity index (χ0v) is 20.4. The van der Waals surface area contributed by atoms with Crippen LogP contribution in [-0.2, 0) is 9.47 Å². The fourth-order valence-corrected chi connectivity index (χ4v) is 5.59. The van der Waals surface area contributed by atoms with Crippen LogP contribution in [-0.4, -0.2) is 74.2 Å². The summed E-state index contributed by atoms with van der Waals surface area (Å²) in [5, 5.41) is 1.36. The van der Waals surface area contributed by atoms with Gasteiger partial charge in [0.15, 0.2) is 0 Å². The second-order valence-electron chi connectivity index (χ2n) is 9.86. The predicted octanol–water partition coefficient (Wildman–Crippen LogP) is 3.60. The van der Waals surface area contributed by atoms with E-state index in [1.165, 1.54) is 10.6 Å². The maximum absolute atomic E-state index is 15.3. The number of hydrogen-bond donors (Lipinski definition) is 0. The number of morpholine rings is 1. The Bertz CT molecular complexity index is 1280. The minimum Gasteiger partial charge on any atom is -0.491 e. The summed E-state index contributed by atoms with van der Waals surface area (Å²) in [4.78, 5) is 17.8. The third kappa shape index (κ3) is 4.73. The molecule has 7 nitrogen and oxygen atoms in total. The van der Waals surface area contributed by atoms with E-state index in [-0.39, 0.29) is 17.5 Å². The molecule has 1 unspecified atom stereocenters. The van der Waals surface area contributed by atoms with Crippen molar-refractivity contribution in [3.63, 3.8) is 0 Å². The number of fused-ring (bicyclic) bond motifs is 1. The summed E-state index contributed by atoms with van der Waals surface area (Å²) >= 11 is 0. The van der Waals surface area contributed by atoms with Gasteiger partial charge in [-0.05, 0) is 61.0 Å². The number of halogens is 1. The van der Waals surface area contributed by atoms with Gasteiger partial charge in [-0.15, -0.1) is 0 Å². The van der Waals surface area contributed by atoms with Crippen LogP contribution in [0.1, 0.15) is 19.3 Å². The number of ether oxygens (including phenoxy) is 3. The van der Waals surface area contributed by atoms with E-state index < -0.39 is 0 Å². The highest BCUT2D eigenvalue weighted by Gasteiger charge is 2.30. The smallest absolute Gasteiger partial charge is 0.262 e. The third-order valence-electron chi connectivity index (χ3n) is 7.61. The number of anilines is 1. The van der Waals surface area contributed by atoms with E-state index in [4.69, 9.17) is 14.2 Å². The predicted molar refractivity (Wildman–Crippen MR) is 137 cm³/mol. The van der Waals surface area contributed by atoms with Crippen LogP contribution >= 0.6 is 0 Å². The lowest BCUT2D eigenvalue weighted by Gasteiger charge is -2.32. The van der Waals surface area contributed by atoms with Crippen molar-refractivity contribution in [2.24, 2.45) is 0 Å². The molecule has 2 aromatic carbocycles. The summed E-state index contributed by atoms with van der Waals surface area (Å²) in [7, 11) is 0. The quantitative estimate of drug-likeness (QED) is 0.523. The molecule has 3 saturated heterocycles. The van der Waals surface area contributed by atoms with E-state index in [9.17, 15) is 4.79 Å². The van der Waals surface area contributed by atoms with Crippen molar-refractivity contribution in [1.29, 1.82) is 0 Å². The lowest BCUT2D eigenvalue weighted by atomic mass is 10.1. The highest BCUT2D eigenvalue weighted by atomic mass is 19.1. The molecular weight excluding hydrogens is 461 g/mol. The lowest BCUT2D eigenvalue weighted by molar-refractivity contribution is 0.0209. The maximum atomic E-state index is 15.3. The van der Waals surface area contributed by atoms with Crippen LogP contribution in [0.3, 0.4) is 0 Å². The largest absolute Gasteiger partial charge is 0.491 e. The van der Waals surface area contributed by atoms with Crippen molar-refractivity contribution in [3.05, 3.63) is 64.8 Å². The molecule has 3 aliphatic rings. The Morgan fingerprint density at radius 2 is 1.89 bits per heavy atom. The number of benzene rings is 2. The van der Waals surface area contributed by atoms with Crippen LogP contribution < -0.4 is 15.2 Å². The Morgan fingerprint density at radius 1 is 1.00 bits per heavy atom. The van der Waals surface area contributed by atoms with Crippen molar-refractivity contribution in [2.45, 2.75) is 31.4 Å². The number of rotatable bonds is 6. The molecule has 0 spiro atoms. The summed E-state index contributed by atoms with van der Waals surface area (Å²) in [5.41, 5.74) is 0.932. The third-order valence-corrected chi connectivity index (χ3v) is 7.61. The normalized spacial score (nSPS) is 23.0. The average Bonchev–Trinajstić information content (AvgIpc) is 3.61. The Kier molecular flexibility index (Phi) is 6.65. The van der Waals surface area contributed by atoms with Crippen LogP contribution in [0.4, 0.5) is 10.1 Å². The van der Waals surface area contributed by atoms with Gasteiger partial charge < -0.3 is 19.1 Å². The molecule has 190 valence electrons. The molecule has 2 atom stereocenters. The fourth-order valence-electron chi connectivity index (χ4n) is 5.59. The van der Waals surface area contributed by atoms with Gasteiger partial charge in [-0.3, -0.25) is 14.3 Å². The number of nitrogens with zero attached hydrogens (tertiary/aromatic N) is 3. The average molecular weight is 494 g/mol. The van der Waals surface area contributed by atoms with Crippen molar-refractivity contribution in [2.75, 3.05) is 57.5 Å². The van der Waals surface area contributed by atoms with E-state index in [0.717, 1.165) is 70.6 Å². The summed E-state index contributed by atoms with van der Waals surface area (Å²) in [6.45, 7) is 6.35. The van der Waals surface area contributed by atoms with Crippen LogP contribution in [0.15, 0.2) is 53.5 Å². The van der Waals surface area contributed by atoms with Crippen molar-refractivity contribution < 1.29 is 18.6 Å². The SMILES string of the molecule is O=c1c2ccc(OC[C@H]3CCCO3)cc2ccn1-c1ccc(N2CCC(N3CCOCC3)C2)c(F)c1. The molecule has 0 bridgehead atoms. The fraction of sp³-hybridized carbons (Fsp3) is 0.464. The standard InChI is InChI=1S/C28H32FN3O4/c29-26-17-21(3-6-27(26)31-9-8-22(18-31)30-11-14-34-15-12-30)32-10-7-20-16-23(4-5-25(20)28(32)33)36-19-24-2-1-13-35-24/h3-7,10,16-17,22,24H,1-2,8-9,11-15,18-19H2/t22?,24-/m1/s1. The molecule has 4 heterocycles. The zero-order chi connectivity index (χ0) is 24.5. The molecule has 6 rings (SSSR count). The Morgan fingerprint density at radius 3 is 2.69 bits per heavy atom. The van der Waals surface area contributed by atoms with Gasteiger partial charge in [-0.25, -0.2) is 4.39 Å². The maximum Gasteiger partial charge on any atom is 0.262 e. The molecule has 3 aliphatic heterocycles. The summed E-state index contributed by atoms with van der Waals surface area (Å²) in [6.07, 6.45) is 4.94. The number of pyridine rings is 1. The summed E-state index contributed by atoms with van der Waals surface area (Å²) in [6, 6.07) is 12.8. The topological polar surface area (TPSA) is 56.2 Å². The Balaban J connectivity index is 1.18. The number of hydrogen-bond acceptors (Lipinski definition) is 6. The van der Waals surface area contributed by atoms with Gasteiger partial charge in [0.2, 0.25) is 0 Å². The van der Waals surface area contributed by atoms with E-state index in [2.05, 4.69) is 9.80 Å². The Hall–Kier alpha value is -2.94. The van der Waals surface area contributed by atoms with Gasteiger partial charge in [0, 0.05) is 56.5 Å². The zero-order valence-electron chi connectivity index (χ0n) is 20.4. The molecule has 3 fully saturated rings. The first-order chi connectivity index (χ1) is 17.7. The van der Waals surface area contributed by atoms with E-state index in [0.29, 0.717) is 35.2 Å². The second-order valence-corrected chi connectivity index (χ2v) is 9.86. The van der Waals surface area contributed by atoms with Gasteiger partial charge in [0.25, 0.3) is 5.56 Å². The minimum absolute atomic E-state index is 0.136. The molecule has 0 radical (unpaired) electrons. The first-order valence-electron chi connectivity index (χ1n) is 12.9. The minimum atomic E-state index is -0.306.